The average molecular weight is 206 g/mol. The number of hydrogen-bond acceptors (Lipinski definition) is 3. The van der Waals surface area contributed by atoms with Crippen molar-refractivity contribution >= 4 is 6.09 Å². The van der Waals surface area contributed by atoms with Gasteiger partial charge in [-0.05, 0) is 25.0 Å². The zero-order valence-electron chi connectivity index (χ0n) is 8.48. The van der Waals surface area contributed by atoms with Crippen molar-refractivity contribution in [3.8, 4) is 5.75 Å². The molecule has 0 spiro atoms. The summed E-state index contributed by atoms with van der Waals surface area (Å²) in [6.07, 6.45) is 7.33. The van der Waals surface area contributed by atoms with Gasteiger partial charge in [0.1, 0.15) is 5.75 Å². The first-order chi connectivity index (χ1) is 7.34. The molecule has 1 aliphatic rings. The van der Waals surface area contributed by atoms with E-state index in [-0.39, 0.29) is 6.09 Å². The van der Waals surface area contributed by atoms with E-state index in [0.717, 1.165) is 12.8 Å². The zero-order chi connectivity index (χ0) is 10.5. The summed E-state index contributed by atoms with van der Waals surface area (Å²) in [5.41, 5.74) is 0. The number of aromatic nitrogens is 1. The van der Waals surface area contributed by atoms with Crippen molar-refractivity contribution in [2.75, 3.05) is 0 Å². The number of ether oxygens (including phenoxy) is 1. The van der Waals surface area contributed by atoms with Crippen LogP contribution < -0.4 is 10.1 Å². The van der Waals surface area contributed by atoms with Crippen LogP contribution in [0.15, 0.2) is 24.5 Å². The van der Waals surface area contributed by atoms with E-state index in [0.29, 0.717) is 11.8 Å². The zero-order valence-corrected chi connectivity index (χ0v) is 8.48. The van der Waals surface area contributed by atoms with E-state index in [1.54, 1.807) is 24.5 Å². The van der Waals surface area contributed by atoms with Gasteiger partial charge in [0, 0.05) is 18.4 Å². The number of pyridine rings is 1. The number of carbonyl (C=O) groups is 1. The molecule has 0 bridgehead atoms. The minimum absolute atomic E-state index is 0.291. The molecule has 0 unspecified atom stereocenters. The van der Waals surface area contributed by atoms with Crippen molar-refractivity contribution in [2.24, 2.45) is 0 Å². The Balaban J connectivity index is 1.82. The smallest absolute Gasteiger partial charge is 0.410 e. The van der Waals surface area contributed by atoms with Gasteiger partial charge in [0.2, 0.25) is 0 Å². The fourth-order valence-electron chi connectivity index (χ4n) is 1.78. The summed E-state index contributed by atoms with van der Waals surface area (Å²) in [4.78, 5) is 15.3. The molecule has 0 aliphatic heterocycles. The molecule has 80 valence electrons. The molecule has 15 heavy (non-hydrogen) atoms. The second-order valence-electron chi connectivity index (χ2n) is 3.70. The van der Waals surface area contributed by atoms with Gasteiger partial charge in [0.25, 0.3) is 0 Å². The van der Waals surface area contributed by atoms with Gasteiger partial charge in [-0.3, -0.25) is 4.98 Å². The molecular formula is C11H14N2O2. The van der Waals surface area contributed by atoms with E-state index in [1.165, 1.54) is 12.8 Å². The molecule has 1 heterocycles. The summed E-state index contributed by atoms with van der Waals surface area (Å²) in [7, 11) is 0. The lowest BCUT2D eigenvalue weighted by atomic mass is 10.3. The van der Waals surface area contributed by atoms with Crippen LogP contribution in [0.3, 0.4) is 0 Å². The Hall–Kier alpha value is -1.58. The van der Waals surface area contributed by atoms with Crippen molar-refractivity contribution in [3.63, 3.8) is 0 Å². The van der Waals surface area contributed by atoms with Crippen LogP contribution in [-0.4, -0.2) is 17.1 Å². The van der Waals surface area contributed by atoms with Crippen LogP contribution in [0.2, 0.25) is 0 Å². The highest BCUT2D eigenvalue weighted by Crippen LogP contribution is 2.17. The van der Waals surface area contributed by atoms with Crippen molar-refractivity contribution in [1.82, 2.24) is 10.3 Å². The monoisotopic (exact) mass is 206 g/mol. The molecule has 0 atom stereocenters. The molecule has 1 saturated carbocycles. The van der Waals surface area contributed by atoms with Gasteiger partial charge in [-0.15, -0.1) is 0 Å². The molecule has 0 aromatic carbocycles. The fraction of sp³-hybridized carbons (Fsp3) is 0.455. The van der Waals surface area contributed by atoms with Gasteiger partial charge in [-0.2, -0.15) is 0 Å². The molecule has 2 rings (SSSR count). The van der Waals surface area contributed by atoms with Crippen LogP contribution in [0.25, 0.3) is 0 Å². The molecule has 4 nitrogen and oxygen atoms in total. The summed E-state index contributed by atoms with van der Waals surface area (Å²) in [6, 6.07) is 3.61. The maximum Gasteiger partial charge on any atom is 0.412 e. The molecular weight excluding hydrogens is 192 g/mol. The second kappa shape index (κ2) is 4.77. The Morgan fingerprint density at radius 2 is 2.00 bits per heavy atom. The van der Waals surface area contributed by atoms with E-state index in [4.69, 9.17) is 4.74 Å². The largest absolute Gasteiger partial charge is 0.412 e. The Kier molecular flexibility index (Phi) is 3.17. The number of carbonyl (C=O) groups excluding carboxylic acids is 1. The van der Waals surface area contributed by atoms with Crippen molar-refractivity contribution in [2.45, 2.75) is 31.7 Å². The van der Waals surface area contributed by atoms with Gasteiger partial charge in [-0.25, -0.2) is 4.79 Å². The molecule has 1 aliphatic carbocycles. The van der Waals surface area contributed by atoms with Crippen molar-refractivity contribution in [1.29, 1.82) is 0 Å². The van der Waals surface area contributed by atoms with E-state index < -0.39 is 0 Å². The van der Waals surface area contributed by atoms with Crippen molar-refractivity contribution < 1.29 is 9.53 Å². The predicted octanol–water partition coefficient (Wildman–Crippen LogP) is 2.11. The fourth-order valence-corrected chi connectivity index (χ4v) is 1.78. The standard InChI is InChI=1S/C11H14N2O2/c14-11(13-9-3-1-2-4-9)15-10-5-7-12-8-6-10/h5-9H,1-4H2,(H,13,14). The number of rotatable bonds is 2. The first kappa shape index (κ1) is 9.96. The maximum atomic E-state index is 11.4. The average Bonchev–Trinajstić information content (AvgIpc) is 2.71. The van der Waals surface area contributed by atoms with Crippen LogP contribution >= 0.6 is 0 Å². The Bertz CT molecular complexity index is 321. The minimum atomic E-state index is -0.367. The van der Waals surface area contributed by atoms with E-state index >= 15 is 0 Å². The van der Waals surface area contributed by atoms with E-state index in [9.17, 15) is 4.79 Å². The Morgan fingerprint density at radius 3 is 2.67 bits per heavy atom. The quantitative estimate of drug-likeness (QED) is 0.806. The molecule has 0 radical (unpaired) electrons. The molecule has 4 heteroatoms. The summed E-state index contributed by atoms with van der Waals surface area (Å²) in [6.45, 7) is 0. The summed E-state index contributed by atoms with van der Waals surface area (Å²) >= 11 is 0. The highest BCUT2D eigenvalue weighted by atomic mass is 16.6. The lowest BCUT2D eigenvalue weighted by Gasteiger charge is -2.11. The highest BCUT2D eigenvalue weighted by molar-refractivity contribution is 5.70. The van der Waals surface area contributed by atoms with Crippen LogP contribution in [0, 0.1) is 0 Å². The van der Waals surface area contributed by atoms with Crippen LogP contribution in [0.1, 0.15) is 25.7 Å². The van der Waals surface area contributed by atoms with Gasteiger partial charge >= 0.3 is 6.09 Å². The molecule has 0 saturated heterocycles. The SMILES string of the molecule is O=C(NC1CCCC1)Oc1ccncc1. The lowest BCUT2D eigenvalue weighted by Crippen LogP contribution is -2.34. The first-order valence-electron chi connectivity index (χ1n) is 5.23. The van der Waals surface area contributed by atoms with Gasteiger partial charge in [0.15, 0.2) is 0 Å². The van der Waals surface area contributed by atoms with E-state index in [1.807, 2.05) is 0 Å². The van der Waals surface area contributed by atoms with Crippen molar-refractivity contribution in [3.05, 3.63) is 24.5 Å². The third-order valence-electron chi connectivity index (χ3n) is 2.54. The Labute approximate surface area is 88.7 Å². The summed E-state index contributed by atoms with van der Waals surface area (Å²) in [5, 5.41) is 2.85. The third kappa shape index (κ3) is 2.94. The highest BCUT2D eigenvalue weighted by Gasteiger charge is 2.17. The van der Waals surface area contributed by atoms with Crippen LogP contribution in [0.5, 0.6) is 5.75 Å². The van der Waals surface area contributed by atoms with Gasteiger partial charge in [-0.1, -0.05) is 12.8 Å². The molecule has 1 aromatic rings. The summed E-state index contributed by atoms with van der Waals surface area (Å²) < 4.78 is 5.09. The number of hydrogen-bond donors (Lipinski definition) is 1. The van der Waals surface area contributed by atoms with Gasteiger partial charge < -0.3 is 10.1 Å². The normalized spacial score (nSPS) is 16.3. The maximum absolute atomic E-state index is 11.4. The molecule has 1 N–H and O–H groups in total. The third-order valence-corrected chi connectivity index (χ3v) is 2.54. The molecule has 1 amide bonds. The summed E-state index contributed by atoms with van der Waals surface area (Å²) in [5.74, 6) is 0.528. The van der Waals surface area contributed by atoms with Crippen LogP contribution in [0.4, 0.5) is 4.79 Å². The number of nitrogens with zero attached hydrogens (tertiary/aromatic N) is 1. The molecule has 1 fully saturated rings. The van der Waals surface area contributed by atoms with Crippen LogP contribution in [-0.2, 0) is 0 Å². The lowest BCUT2D eigenvalue weighted by molar-refractivity contribution is 0.196. The number of amides is 1. The Morgan fingerprint density at radius 1 is 1.33 bits per heavy atom. The minimum Gasteiger partial charge on any atom is -0.410 e. The topological polar surface area (TPSA) is 51.2 Å². The van der Waals surface area contributed by atoms with Gasteiger partial charge in [0.05, 0.1) is 0 Å². The van der Waals surface area contributed by atoms with E-state index in [2.05, 4.69) is 10.3 Å². The predicted molar refractivity (Wildman–Crippen MR) is 55.7 cm³/mol. The number of nitrogens with one attached hydrogen (secondary N) is 1. The second-order valence-corrected chi connectivity index (χ2v) is 3.70. The molecule has 1 aromatic heterocycles. The first-order valence-corrected chi connectivity index (χ1v) is 5.23.